The van der Waals surface area contributed by atoms with Crippen molar-refractivity contribution >= 4 is 9.84 Å². The van der Waals surface area contributed by atoms with E-state index in [2.05, 4.69) is 0 Å². The number of nitrogens with two attached hydrogens (primary N) is 1. The van der Waals surface area contributed by atoms with Crippen molar-refractivity contribution in [2.75, 3.05) is 0 Å². The molecule has 0 saturated heterocycles. The molecule has 0 saturated carbocycles. The summed E-state index contributed by atoms with van der Waals surface area (Å²) in [5, 5.41) is 0. The van der Waals surface area contributed by atoms with E-state index >= 15 is 0 Å². The van der Waals surface area contributed by atoms with Crippen LogP contribution >= 0.6 is 0 Å². The summed E-state index contributed by atoms with van der Waals surface area (Å²) in [5.41, 5.74) is 5.37. The van der Waals surface area contributed by atoms with Crippen LogP contribution in [0.3, 0.4) is 0 Å². The Bertz CT molecular complexity index is 632. The predicted molar refractivity (Wildman–Crippen MR) is 63.9 cm³/mol. The van der Waals surface area contributed by atoms with Gasteiger partial charge in [0.15, 0.2) is 9.84 Å². The maximum absolute atomic E-state index is 12.7. The Balaban J connectivity index is 2.24. The Kier molecular flexibility index (Phi) is 3.49. The lowest BCUT2D eigenvalue weighted by Crippen LogP contribution is -2.04. The molecule has 0 spiro atoms. The number of rotatable bonds is 4. The molecule has 0 aliphatic heterocycles. The largest absolute Gasteiger partial charge is 0.464 e. The normalized spacial score (nSPS) is 11.7. The third-order valence-electron chi connectivity index (χ3n) is 2.42. The minimum Gasteiger partial charge on any atom is -0.464 e. The predicted octanol–water partition coefficient (Wildman–Crippen LogP) is 1.85. The minimum absolute atomic E-state index is 0.0644. The molecule has 6 heteroatoms. The molecule has 96 valence electrons. The Hall–Kier alpha value is -1.66. The smallest absolute Gasteiger partial charge is 0.185 e. The average Bonchev–Trinajstić information content (AvgIpc) is 2.76. The number of sulfone groups is 1. The van der Waals surface area contributed by atoms with E-state index in [0.717, 1.165) is 12.1 Å². The zero-order valence-electron chi connectivity index (χ0n) is 9.47. The van der Waals surface area contributed by atoms with Crippen molar-refractivity contribution in [3.63, 3.8) is 0 Å². The minimum atomic E-state index is -3.53. The molecular weight excluding hydrogens is 257 g/mol. The fourth-order valence-electron chi connectivity index (χ4n) is 1.52. The molecule has 0 atom stereocenters. The van der Waals surface area contributed by atoms with Gasteiger partial charge in [-0.2, -0.15) is 0 Å². The zero-order valence-corrected chi connectivity index (χ0v) is 10.3. The molecular formula is C12H12FNO3S. The summed E-state index contributed by atoms with van der Waals surface area (Å²) >= 11 is 0. The molecule has 0 amide bonds. The van der Waals surface area contributed by atoms with Gasteiger partial charge >= 0.3 is 0 Å². The van der Waals surface area contributed by atoms with Gasteiger partial charge in [-0.25, -0.2) is 12.8 Å². The number of halogens is 1. The van der Waals surface area contributed by atoms with E-state index in [1.807, 2.05) is 0 Å². The lowest BCUT2D eigenvalue weighted by atomic mass is 10.4. The van der Waals surface area contributed by atoms with Gasteiger partial charge in [-0.15, -0.1) is 0 Å². The molecule has 2 N–H and O–H groups in total. The third kappa shape index (κ3) is 2.77. The molecule has 18 heavy (non-hydrogen) atoms. The van der Waals surface area contributed by atoms with Crippen molar-refractivity contribution in [3.8, 4) is 0 Å². The summed E-state index contributed by atoms with van der Waals surface area (Å²) in [4.78, 5) is 0.0644. The lowest BCUT2D eigenvalue weighted by Gasteiger charge is -2.02. The zero-order chi connectivity index (χ0) is 13.2. The van der Waals surface area contributed by atoms with Crippen molar-refractivity contribution in [1.82, 2.24) is 0 Å². The SMILES string of the molecule is NCc1ccc(CS(=O)(=O)c2ccc(F)cc2)o1. The number of furan rings is 1. The Morgan fingerprint density at radius 3 is 2.22 bits per heavy atom. The molecule has 1 aromatic heterocycles. The quantitative estimate of drug-likeness (QED) is 0.860. The fraction of sp³-hybridized carbons (Fsp3) is 0.167. The second-order valence-electron chi connectivity index (χ2n) is 3.79. The van der Waals surface area contributed by atoms with Crippen LogP contribution in [0.1, 0.15) is 11.5 Å². The van der Waals surface area contributed by atoms with E-state index in [1.54, 1.807) is 12.1 Å². The molecule has 0 fully saturated rings. The summed E-state index contributed by atoms with van der Waals surface area (Å²) in [6, 6.07) is 7.90. The Morgan fingerprint density at radius 1 is 1.06 bits per heavy atom. The maximum atomic E-state index is 12.7. The van der Waals surface area contributed by atoms with Gasteiger partial charge in [0.2, 0.25) is 0 Å². The van der Waals surface area contributed by atoms with Crippen LogP contribution in [0.5, 0.6) is 0 Å². The highest BCUT2D eigenvalue weighted by Gasteiger charge is 2.17. The van der Waals surface area contributed by atoms with Crippen LogP contribution in [-0.4, -0.2) is 8.42 Å². The second kappa shape index (κ2) is 4.91. The molecule has 0 radical (unpaired) electrons. The van der Waals surface area contributed by atoms with Crippen LogP contribution in [-0.2, 0) is 22.1 Å². The Labute approximate surface area is 104 Å². The maximum Gasteiger partial charge on any atom is 0.185 e. The summed E-state index contributed by atoms with van der Waals surface area (Å²) < 4.78 is 42.0. The molecule has 0 bridgehead atoms. The van der Waals surface area contributed by atoms with Crippen LogP contribution in [0.4, 0.5) is 4.39 Å². The molecule has 1 aromatic carbocycles. The number of hydrogen-bond donors (Lipinski definition) is 1. The summed E-state index contributed by atoms with van der Waals surface area (Å²) in [7, 11) is -3.53. The lowest BCUT2D eigenvalue weighted by molar-refractivity contribution is 0.477. The third-order valence-corrected chi connectivity index (χ3v) is 4.08. The molecule has 0 unspecified atom stereocenters. The van der Waals surface area contributed by atoms with Crippen LogP contribution in [0.2, 0.25) is 0 Å². The first kappa shape index (κ1) is 12.8. The van der Waals surface area contributed by atoms with E-state index in [9.17, 15) is 12.8 Å². The Morgan fingerprint density at radius 2 is 1.67 bits per heavy atom. The highest BCUT2D eigenvalue weighted by Crippen LogP contribution is 2.18. The standard InChI is InChI=1S/C12H12FNO3S/c13-9-1-5-12(6-2-9)18(15,16)8-11-4-3-10(7-14)17-11/h1-6H,7-8,14H2. The van der Waals surface area contributed by atoms with Gasteiger partial charge in [-0.3, -0.25) is 0 Å². The molecule has 0 aliphatic carbocycles. The topological polar surface area (TPSA) is 73.3 Å². The fourth-order valence-corrected chi connectivity index (χ4v) is 2.77. The summed E-state index contributed by atoms with van der Waals surface area (Å²) in [6.45, 7) is 0.219. The van der Waals surface area contributed by atoms with Crippen molar-refractivity contribution in [2.24, 2.45) is 5.73 Å². The first-order valence-electron chi connectivity index (χ1n) is 5.27. The molecule has 1 heterocycles. The van der Waals surface area contributed by atoms with Gasteiger partial charge in [0, 0.05) is 0 Å². The van der Waals surface area contributed by atoms with Gasteiger partial charge in [-0.05, 0) is 36.4 Å². The van der Waals surface area contributed by atoms with Crippen molar-refractivity contribution < 1.29 is 17.2 Å². The van der Waals surface area contributed by atoms with Gasteiger partial charge < -0.3 is 10.2 Å². The van der Waals surface area contributed by atoms with Crippen molar-refractivity contribution in [3.05, 3.63) is 53.7 Å². The first-order chi connectivity index (χ1) is 8.51. The van der Waals surface area contributed by atoms with E-state index in [4.69, 9.17) is 10.2 Å². The first-order valence-corrected chi connectivity index (χ1v) is 6.92. The molecule has 0 aliphatic rings. The number of hydrogen-bond acceptors (Lipinski definition) is 4. The molecule has 2 aromatic rings. The van der Waals surface area contributed by atoms with E-state index in [-0.39, 0.29) is 17.2 Å². The molecule has 4 nitrogen and oxygen atoms in total. The van der Waals surface area contributed by atoms with Crippen LogP contribution in [0.15, 0.2) is 45.7 Å². The van der Waals surface area contributed by atoms with Gasteiger partial charge in [0.1, 0.15) is 23.1 Å². The summed E-state index contributed by atoms with van der Waals surface area (Å²) in [6.07, 6.45) is 0. The summed E-state index contributed by atoms with van der Waals surface area (Å²) in [5.74, 6) is 0.106. The number of benzene rings is 1. The van der Waals surface area contributed by atoms with E-state index in [1.165, 1.54) is 12.1 Å². The van der Waals surface area contributed by atoms with Gasteiger partial charge in [0.05, 0.1) is 11.4 Å². The van der Waals surface area contributed by atoms with Gasteiger partial charge in [0.25, 0.3) is 0 Å². The molecule has 2 rings (SSSR count). The van der Waals surface area contributed by atoms with Crippen molar-refractivity contribution in [2.45, 2.75) is 17.2 Å². The highest BCUT2D eigenvalue weighted by molar-refractivity contribution is 7.90. The van der Waals surface area contributed by atoms with Gasteiger partial charge in [-0.1, -0.05) is 0 Å². The average molecular weight is 269 g/mol. The van der Waals surface area contributed by atoms with Crippen LogP contribution in [0, 0.1) is 5.82 Å². The highest BCUT2D eigenvalue weighted by atomic mass is 32.2. The van der Waals surface area contributed by atoms with Crippen LogP contribution < -0.4 is 5.73 Å². The van der Waals surface area contributed by atoms with E-state index in [0.29, 0.717) is 11.5 Å². The van der Waals surface area contributed by atoms with E-state index < -0.39 is 15.7 Å². The second-order valence-corrected chi connectivity index (χ2v) is 5.77. The van der Waals surface area contributed by atoms with Crippen molar-refractivity contribution in [1.29, 1.82) is 0 Å². The monoisotopic (exact) mass is 269 g/mol. The van der Waals surface area contributed by atoms with Crippen LogP contribution in [0.25, 0.3) is 0 Å².